The highest BCUT2D eigenvalue weighted by Crippen LogP contribution is 1.34. The highest BCUT2D eigenvalue weighted by molar-refractivity contribution is 4.15. The third-order valence-corrected chi connectivity index (χ3v) is 0.354. The van der Waals surface area contributed by atoms with E-state index in [2.05, 4.69) is 12.2 Å². The van der Waals surface area contributed by atoms with Gasteiger partial charge >= 0.3 is 0 Å². The summed E-state index contributed by atoms with van der Waals surface area (Å²) in [5.41, 5.74) is 0. The second kappa shape index (κ2) is 100. The average molecular weight is 138 g/mol. The molecule has 0 spiro atoms. The lowest BCUT2D eigenvalue weighted by Gasteiger charge is -1.76. The Labute approximate surface area is 63.3 Å². The molecule has 0 fully saturated rings. The minimum Gasteiger partial charge on any atom is -0.320 e. The summed E-state index contributed by atoms with van der Waals surface area (Å²) >= 11 is 0. The van der Waals surface area contributed by atoms with Crippen LogP contribution in [0, 0.1) is 0 Å². The highest BCUT2D eigenvalue weighted by Gasteiger charge is 1.50. The highest BCUT2D eigenvalue weighted by atomic mass is 14.8. The van der Waals surface area contributed by atoms with Gasteiger partial charge in [-0.3, -0.25) is 0 Å². The van der Waals surface area contributed by atoms with E-state index in [1.54, 1.807) is 0 Å². The summed E-state index contributed by atoms with van der Waals surface area (Å²) in [5.74, 6) is 0. The molecule has 0 aromatic heterocycles. The molecule has 0 aliphatic heterocycles. The molecule has 1 nitrogen and oxygen atoms in total. The van der Waals surface area contributed by atoms with Crippen molar-refractivity contribution in [3.8, 4) is 0 Å². The molecule has 0 rings (SSSR count). The van der Waals surface area contributed by atoms with Crippen molar-refractivity contribution in [3.63, 3.8) is 0 Å². The van der Waals surface area contributed by atoms with Crippen molar-refractivity contribution in [1.29, 1.82) is 0 Å². The van der Waals surface area contributed by atoms with Crippen LogP contribution in [0.1, 0.15) is 43.5 Å². The van der Waals surface area contributed by atoms with Gasteiger partial charge in [0.05, 0.1) is 0 Å². The van der Waals surface area contributed by atoms with Gasteiger partial charge in [0, 0.05) is 1.43 Å². The zero-order valence-electron chi connectivity index (χ0n) is 7.21. The SMILES string of the molecule is C.CC.CC.CCNC.[2HH]. The van der Waals surface area contributed by atoms with Crippen LogP contribution in [-0.4, -0.2) is 13.6 Å². The summed E-state index contributed by atoms with van der Waals surface area (Å²) in [6.45, 7) is 11.1. The van der Waals surface area contributed by atoms with Crippen molar-refractivity contribution in [3.05, 3.63) is 0 Å². The summed E-state index contributed by atoms with van der Waals surface area (Å²) in [6.07, 6.45) is 0. The van der Waals surface area contributed by atoms with E-state index in [1.807, 2.05) is 34.7 Å². The molecular formula is C8H27N. The number of rotatable bonds is 1. The quantitative estimate of drug-likeness (QED) is 0.587. The van der Waals surface area contributed by atoms with E-state index in [0.717, 1.165) is 6.54 Å². The molecule has 0 bridgehead atoms. The molecular weight excluding hydrogens is 110 g/mol. The van der Waals surface area contributed by atoms with Crippen LogP contribution in [0.4, 0.5) is 0 Å². The van der Waals surface area contributed by atoms with Crippen LogP contribution in [0.5, 0.6) is 0 Å². The molecule has 1 N–H and O–H groups in total. The maximum atomic E-state index is 2.93. The van der Waals surface area contributed by atoms with E-state index in [1.165, 1.54) is 0 Å². The summed E-state index contributed by atoms with van der Waals surface area (Å²) in [5, 5.41) is 2.93. The molecule has 0 saturated carbocycles. The Bertz CT molecular complexity index is 11.2. The third kappa shape index (κ3) is 307. The fourth-order valence-corrected chi connectivity index (χ4v) is 0. The van der Waals surface area contributed by atoms with Crippen LogP contribution in [0.25, 0.3) is 0 Å². The van der Waals surface area contributed by atoms with Crippen LogP contribution in [0.2, 0.25) is 0 Å². The van der Waals surface area contributed by atoms with Crippen LogP contribution in [0.3, 0.4) is 0 Å². The Balaban J connectivity index is -0.0000000125. The molecule has 0 aromatic carbocycles. The van der Waals surface area contributed by atoms with Crippen LogP contribution < -0.4 is 5.32 Å². The summed E-state index contributed by atoms with van der Waals surface area (Å²) in [4.78, 5) is 0. The molecule has 0 atom stereocenters. The molecule has 0 unspecified atom stereocenters. The number of hydrogen-bond acceptors (Lipinski definition) is 1. The lowest BCUT2D eigenvalue weighted by atomic mass is 10.8. The van der Waals surface area contributed by atoms with Crippen LogP contribution in [0.15, 0.2) is 0 Å². The van der Waals surface area contributed by atoms with Gasteiger partial charge < -0.3 is 5.32 Å². The van der Waals surface area contributed by atoms with Crippen molar-refractivity contribution < 1.29 is 1.43 Å². The van der Waals surface area contributed by atoms with E-state index in [-0.39, 0.29) is 8.85 Å². The first kappa shape index (κ1) is 23.1. The predicted octanol–water partition coefficient (Wildman–Crippen LogP) is 3.16. The standard InChI is InChI=1S/C3H9N.2C2H6.CH4.H2/c1-3-4-2;2*1-2;;/h4H,3H2,1-2H3;2*1-2H3;1H4;1H/i;;;;1+1. The van der Waals surface area contributed by atoms with Gasteiger partial charge in [-0.2, -0.15) is 0 Å². The van der Waals surface area contributed by atoms with Crippen LogP contribution in [-0.2, 0) is 0 Å². The molecule has 0 saturated heterocycles. The molecule has 0 radical (unpaired) electrons. The zero-order chi connectivity index (χ0) is 7.41. The Kier molecular flexibility index (Phi) is 257. The van der Waals surface area contributed by atoms with E-state index in [0.29, 0.717) is 0 Å². The zero-order valence-corrected chi connectivity index (χ0v) is 7.21. The molecule has 0 heterocycles. The van der Waals surface area contributed by atoms with Gasteiger partial charge in [-0.15, -0.1) is 0 Å². The minimum absolute atomic E-state index is 0. The van der Waals surface area contributed by atoms with Gasteiger partial charge in [-0.1, -0.05) is 42.0 Å². The van der Waals surface area contributed by atoms with E-state index >= 15 is 0 Å². The van der Waals surface area contributed by atoms with Gasteiger partial charge in [-0.25, -0.2) is 0 Å². The second-order valence-corrected chi connectivity index (χ2v) is 0.707. The van der Waals surface area contributed by atoms with Gasteiger partial charge in [0.25, 0.3) is 0 Å². The Morgan fingerprint density at radius 2 is 1.22 bits per heavy atom. The van der Waals surface area contributed by atoms with Crippen molar-refractivity contribution in [2.45, 2.75) is 42.0 Å². The number of nitrogens with one attached hydrogen (secondary N) is 1. The van der Waals surface area contributed by atoms with Gasteiger partial charge in [0.2, 0.25) is 0 Å². The Hall–Kier alpha value is -0.0400. The van der Waals surface area contributed by atoms with Gasteiger partial charge in [-0.05, 0) is 13.6 Å². The maximum absolute atomic E-state index is 2.93. The normalized spacial score (nSPS) is 4.67. The largest absolute Gasteiger partial charge is 0.320 e. The minimum atomic E-state index is 0. The molecule has 64 valence electrons. The summed E-state index contributed by atoms with van der Waals surface area (Å²) in [7, 11) is 1.93. The molecule has 0 amide bonds. The Morgan fingerprint density at radius 1 is 1.11 bits per heavy atom. The third-order valence-electron chi connectivity index (χ3n) is 0.354. The molecule has 9 heavy (non-hydrogen) atoms. The van der Waals surface area contributed by atoms with E-state index in [4.69, 9.17) is 0 Å². The first-order chi connectivity index (χ1) is 3.91. The molecule has 0 aliphatic carbocycles. The first-order valence-corrected chi connectivity index (χ1v) is 3.56. The van der Waals surface area contributed by atoms with Gasteiger partial charge in [0.15, 0.2) is 0 Å². The van der Waals surface area contributed by atoms with Crippen LogP contribution >= 0.6 is 0 Å². The van der Waals surface area contributed by atoms with Crippen molar-refractivity contribution in [2.24, 2.45) is 0 Å². The van der Waals surface area contributed by atoms with Crippen molar-refractivity contribution >= 4 is 0 Å². The molecule has 0 aliphatic rings. The average Bonchev–Trinajstić information content (AvgIpc) is 1.96. The monoisotopic (exact) mass is 138 g/mol. The van der Waals surface area contributed by atoms with Gasteiger partial charge in [0.1, 0.15) is 0 Å². The lowest BCUT2D eigenvalue weighted by Crippen LogP contribution is -2.01. The topological polar surface area (TPSA) is 12.0 Å². The molecule has 1 heteroatoms. The Morgan fingerprint density at radius 3 is 1.22 bits per heavy atom. The summed E-state index contributed by atoms with van der Waals surface area (Å²) in [6, 6.07) is 0. The van der Waals surface area contributed by atoms with E-state index < -0.39 is 0 Å². The number of hydrogen-bond donors (Lipinski definition) is 1. The van der Waals surface area contributed by atoms with E-state index in [9.17, 15) is 0 Å². The maximum Gasteiger partial charge on any atom is 0 e. The fraction of sp³-hybridized carbons (Fsp3) is 1.00. The smallest absolute Gasteiger partial charge is 0 e. The predicted molar refractivity (Wildman–Crippen MR) is 51.1 cm³/mol. The second-order valence-electron chi connectivity index (χ2n) is 0.707. The van der Waals surface area contributed by atoms with Crippen molar-refractivity contribution in [2.75, 3.05) is 13.6 Å². The first-order valence-electron chi connectivity index (χ1n) is 3.56. The molecule has 0 aromatic rings. The fourth-order valence-electron chi connectivity index (χ4n) is 0. The van der Waals surface area contributed by atoms with Crippen molar-refractivity contribution in [1.82, 2.24) is 5.32 Å². The summed E-state index contributed by atoms with van der Waals surface area (Å²) < 4.78 is 0. The lowest BCUT2D eigenvalue weighted by molar-refractivity contribution is 0.864.